The Balaban J connectivity index is 2.37. The van der Waals surface area contributed by atoms with Crippen LogP contribution in [0.3, 0.4) is 0 Å². The molecule has 0 heterocycles. The number of rotatable bonds is 4. The van der Waals surface area contributed by atoms with E-state index in [0.717, 1.165) is 16.4 Å². The van der Waals surface area contributed by atoms with Gasteiger partial charge in [0.15, 0.2) is 0 Å². The van der Waals surface area contributed by atoms with Crippen LogP contribution in [-0.2, 0) is 0 Å². The molecule has 0 aliphatic rings. The molecule has 0 saturated carbocycles. The Morgan fingerprint density at radius 2 is 1.83 bits per heavy atom. The maximum atomic E-state index is 12.5. The van der Waals surface area contributed by atoms with Crippen LogP contribution < -0.4 is 0 Å². The second-order valence-electron chi connectivity index (χ2n) is 2.30. The Bertz CT molecular complexity index is 220. The lowest BCUT2D eigenvalue weighted by Crippen LogP contribution is -1.82. The lowest BCUT2D eigenvalue weighted by Gasteiger charge is -1.98. The molecule has 0 unspecified atom stereocenters. The molecule has 0 fully saturated rings. The van der Waals surface area contributed by atoms with Crippen molar-refractivity contribution in [2.24, 2.45) is 0 Å². The Morgan fingerprint density at radius 3 is 2.42 bits per heavy atom. The summed E-state index contributed by atoms with van der Waals surface area (Å²) in [6, 6.07) is 6.64. The van der Waals surface area contributed by atoms with E-state index in [4.69, 9.17) is 0 Å². The van der Waals surface area contributed by atoms with Gasteiger partial charge in [-0.05, 0) is 30.5 Å². The molecule has 3 heteroatoms. The average molecular weight is 202 g/mol. The second kappa shape index (κ2) is 5.49. The number of thioether (sulfide) groups is 2. The zero-order chi connectivity index (χ0) is 8.81. The molecule has 0 aliphatic carbocycles. The van der Waals surface area contributed by atoms with Gasteiger partial charge in [-0.3, -0.25) is 0 Å². The first-order valence-corrected chi connectivity index (χ1v) is 6.08. The fourth-order valence-corrected chi connectivity index (χ4v) is 2.34. The van der Waals surface area contributed by atoms with Crippen molar-refractivity contribution in [2.45, 2.75) is 4.90 Å². The minimum atomic E-state index is -0.163. The summed E-state index contributed by atoms with van der Waals surface area (Å²) in [5, 5.41) is 0. The van der Waals surface area contributed by atoms with E-state index in [0.29, 0.717) is 0 Å². The average Bonchev–Trinajstić information content (AvgIpc) is 2.09. The van der Waals surface area contributed by atoms with E-state index in [9.17, 15) is 4.39 Å². The zero-order valence-corrected chi connectivity index (χ0v) is 8.55. The van der Waals surface area contributed by atoms with Crippen LogP contribution in [0.1, 0.15) is 0 Å². The van der Waals surface area contributed by atoms with Crippen molar-refractivity contribution in [1.82, 2.24) is 0 Å². The third kappa shape index (κ3) is 3.50. The van der Waals surface area contributed by atoms with Gasteiger partial charge in [0.05, 0.1) is 0 Å². The Morgan fingerprint density at radius 1 is 1.17 bits per heavy atom. The smallest absolute Gasteiger partial charge is 0.123 e. The van der Waals surface area contributed by atoms with Crippen LogP contribution in [0.25, 0.3) is 0 Å². The normalized spacial score (nSPS) is 10.2. The first-order chi connectivity index (χ1) is 5.83. The van der Waals surface area contributed by atoms with Gasteiger partial charge in [0.1, 0.15) is 5.82 Å². The maximum absolute atomic E-state index is 12.5. The zero-order valence-electron chi connectivity index (χ0n) is 6.92. The molecule has 0 spiro atoms. The summed E-state index contributed by atoms with van der Waals surface area (Å²) in [6.07, 6.45) is 2.09. The van der Waals surface area contributed by atoms with E-state index in [1.807, 2.05) is 23.9 Å². The first-order valence-electron chi connectivity index (χ1n) is 3.70. The van der Waals surface area contributed by atoms with Crippen LogP contribution in [0.15, 0.2) is 29.2 Å². The molecule has 0 amide bonds. The SMILES string of the molecule is CSCCSc1ccc(F)cc1. The lowest BCUT2D eigenvalue weighted by molar-refractivity contribution is 0.626. The molecule has 12 heavy (non-hydrogen) atoms. The molecular formula is C9H11FS2. The van der Waals surface area contributed by atoms with E-state index in [2.05, 4.69) is 6.26 Å². The highest BCUT2D eigenvalue weighted by atomic mass is 32.2. The molecule has 0 bridgehead atoms. The van der Waals surface area contributed by atoms with Crippen molar-refractivity contribution in [1.29, 1.82) is 0 Å². The van der Waals surface area contributed by atoms with Crippen LogP contribution in [0, 0.1) is 5.82 Å². The van der Waals surface area contributed by atoms with Crippen molar-refractivity contribution in [3.05, 3.63) is 30.1 Å². The van der Waals surface area contributed by atoms with Gasteiger partial charge in [0.2, 0.25) is 0 Å². The molecule has 66 valence electrons. The molecular weight excluding hydrogens is 191 g/mol. The van der Waals surface area contributed by atoms with E-state index in [1.54, 1.807) is 11.8 Å². The molecule has 0 radical (unpaired) electrons. The fraction of sp³-hybridized carbons (Fsp3) is 0.333. The lowest BCUT2D eigenvalue weighted by atomic mass is 10.4. The van der Waals surface area contributed by atoms with Gasteiger partial charge in [-0.25, -0.2) is 4.39 Å². The molecule has 1 aromatic carbocycles. The van der Waals surface area contributed by atoms with Gasteiger partial charge in [-0.15, -0.1) is 11.8 Å². The van der Waals surface area contributed by atoms with Gasteiger partial charge in [0, 0.05) is 16.4 Å². The minimum absolute atomic E-state index is 0.163. The number of benzene rings is 1. The van der Waals surface area contributed by atoms with Gasteiger partial charge >= 0.3 is 0 Å². The van der Waals surface area contributed by atoms with E-state index >= 15 is 0 Å². The molecule has 1 aromatic rings. The standard InChI is InChI=1S/C9H11FS2/c1-11-6-7-12-9-4-2-8(10)3-5-9/h2-5H,6-7H2,1H3. The van der Waals surface area contributed by atoms with Crippen molar-refractivity contribution in [2.75, 3.05) is 17.8 Å². The van der Waals surface area contributed by atoms with Gasteiger partial charge in [-0.1, -0.05) is 0 Å². The number of hydrogen-bond acceptors (Lipinski definition) is 2. The van der Waals surface area contributed by atoms with Crippen molar-refractivity contribution in [3.8, 4) is 0 Å². The van der Waals surface area contributed by atoms with Gasteiger partial charge in [0.25, 0.3) is 0 Å². The predicted octanol–water partition coefficient (Wildman–Crippen LogP) is 3.28. The highest BCUT2D eigenvalue weighted by Gasteiger charge is 1.93. The third-order valence-corrected chi connectivity index (χ3v) is 3.25. The topological polar surface area (TPSA) is 0 Å². The van der Waals surface area contributed by atoms with Gasteiger partial charge < -0.3 is 0 Å². The number of hydrogen-bond donors (Lipinski definition) is 0. The minimum Gasteiger partial charge on any atom is -0.207 e. The van der Waals surface area contributed by atoms with E-state index < -0.39 is 0 Å². The fourth-order valence-electron chi connectivity index (χ4n) is 0.774. The summed E-state index contributed by atoms with van der Waals surface area (Å²) in [5.74, 6) is 2.07. The Labute approximate surface area is 80.9 Å². The Kier molecular flexibility index (Phi) is 4.54. The summed E-state index contributed by atoms with van der Waals surface area (Å²) >= 11 is 3.60. The van der Waals surface area contributed by atoms with Gasteiger partial charge in [-0.2, -0.15) is 11.8 Å². The van der Waals surface area contributed by atoms with E-state index in [-0.39, 0.29) is 5.82 Å². The summed E-state index contributed by atoms with van der Waals surface area (Å²) < 4.78 is 12.5. The largest absolute Gasteiger partial charge is 0.207 e. The third-order valence-electron chi connectivity index (χ3n) is 1.37. The van der Waals surface area contributed by atoms with Crippen LogP contribution in [0.2, 0.25) is 0 Å². The van der Waals surface area contributed by atoms with Crippen molar-refractivity contribution in [3.63, 3.8) is 0 Å². The summed E-state index contributed by atoms with van der Waals surface area (Å²) in [4.78, 5) is 1.14. The summed E-state index contributed by atoms with van der Waals surface area (Å²) in [5.41, 5.74) is 0. The van der Waals surface area contributed by atoms with Crippen LogP contribution in [0.5, 0.6) is 0 Å². The van der Waals surface area contributed by atoms with Crippen LogP contribution in [0.4, 0.5) is 4.39 Å². The highest BCUT2D eigenvalue weighted by molar-refractivity contribution is 8.02. The monoisotopic (exact) mass is 202 g/mol. The molecule has 0 N–H and O–H groups in total. The molecule has 0 aromatic heterocycles. The highest BCUT2D eigenvalue weighted by Crippen LogP contribution is 2.18. The second-order valence-corrected chi connectivity index (χ2v) is 4.45. The Hall–Kier alpha value is -0.150. The molecule has 0 atom stereocenters. The maximum Gasteiger partial charge on any atom is 0.123 e. The van der Waals surface area contributed by atoms with Crippen LogP contribution >= 0.6 is 23.5 Å². The summed E-state index contributed by atoms with van der Waals surface area (Å²) in [6.45, 7) is 0. The predicted molar refractivity (Wildman–Crippen MR) is 55.5 cm³/mol. The molecule has 1 rings (SSSR count). The van der Waals surface area contributed by atoms with E-state index in [1.165, 1.54) is 12.1 Å². The molecule has 0 nitrogen and oxygen atoms in total. The molecule has 0 aliphatic heterocycles. The van der Waals surface area contributed by atoms with Crippen molar-refractivity contribution >= 4 is 23.5 Å². The first kappa shape index (κ1) is 9.93. The molecule has 0 saturated heterocycles. The quantitative estimate of drug-likeness (QED) is 0.543. The van der Waals surface area contributed by atoms with Crippen molar-refractivity contribution < 1.29 is 4.39 Å². The number of halogens is 1. The van der Waals surface area contributed by atoms with Crippen LogP contribution in [-0.4, -0.2) is 17.8 Å². The summed E-state index contributed by atoms with van der Waals surface area (Å²) in [7, 11) is 0.